The Morgan fingerprint density at radius 3 is 2.67 bits per heavy atom. The summed E-state index contributed by atoms with van der Waals surface area (Å²) < 4.78 is 4.79. The average molecular weight is 287 g/mol. The standard InChI is InChI=1S/C15H17N3O3/c1-3-21-14(20)12-9-16-15(17-13(12)19)18(2)10-11-7-5-4-6-8-11/h4-9H,3,10H2,1-2H3,(H,16,17,19). The van der Waals surface area contributed by atoms with Gasteiger partial charge >= 0.3 is 5.97 Å². The molecule has 0 aliphatic heterocycles. The molecule has 1 N–H and O–H groups in total. The van der Waals surface area contributed by atoms with Crippen LogP contribution in [0.2, 0.25) is 0 Å². The minimum Gasteiger partial charge on any atom is -0.462 e. The highest BCUT2D eigenvalue weighted by Gasteiger charge is 2.14. The van der Waals surface area contributed by atoms with Gasteiger partial charge in [0.15, 0.2) is 0 Å². The van der Waals surface area contributed by atoms with Crippen molar-refractivity contribution in [2.45, 2.75) is 13.5 Å². The molecule has 1 aromatic heterocycles. The number of nitrogens with zero attached hydrogens (tertiary/aromatic N) is 2. The summed E-state index contributed by atoms with van der Waals surface area (Å²) in [5.74, 6) is -0.264. The van der Waals surface area contributed by atoms with Crippen LogP contribution in [0.15, 0.2) is 41.3 Å². The summed E-state index contributed by atoms with van der Waals surface area (Å²) in [5.41, 5.74) is 0.504. The van der Waals surface area contributed by atoms with Crippen molar-refractivity contribution in [2.24, 2.45) is 0 Å². The van der Waals surface area contributed by atoms with Crippen molar-refractivity contribution in [3.8, 4) is 0 Å². The Hall–Kier alpha value is -2.63. The van der Waals surface area contributed by atoms with Gasteiger partial charge < -0.3 is 9.64 Å². The highest BCUT2D eigenvalue weighted by atomic mass is 16.5. The molecular weight excluding hydrogens is 270 g/mol. The fourth-order valence-corrected chi connectivity index (χ4v) is 1.87. The number of anilines is 1. The van der Waals surface area contributed by atoms with Crippen molar-refractivity contribution >= 4 is 11.9 Å². The molecule has 2 rings (SSSR count). The molecule has 0 atom stereocenters. The molecule has 0 unspecified atom stereocenters. The van der Waals surface area contributed by atoms with E-state index in [9.17, 15) is 9.59 Å². The maximum absolute atomic E-state index is 11.9. The Kier molecular flexibility index (Phi) is 4.71. The Labute approximate surface area is 122 Å². The maximum Gasteiger partial charge on any atom is 0.345 e. The summed E-state index contributed by atoms with van der Waals surface area (Å²) >= 11 is 0. The van der Waals surface area contributed by atoms with Crippen molar-refractivity contribution in [1.82, 2.24) is 9.97 Å². The fraction of sp³-hybridized carbons (Fsp3) is 0.267. The smallest absolute Gasteiger partial charge is 0.345 e. The molecule has 0 fully saturated rings. The van der Waals surface area contributed by atoms with Gasteiger partial charge in [-0.3, -0.25) is 9.78 Å². The van der Waals surface area contributed by atoms with Gasteiger partial charge in [0, 0.05) is 13.6 Å². The number of ether oxygens (including phenoxy) is 1. The first-order valence-corrected chi connectivity index (χ1v) is 6.63. The number of carbonyl (C=O) groups is 1. The maximum atomic E-state index is 11.9. The van der Waals surface area contributed by atoms with Gasteiger partial charge in [-0.25, -0.2) is 9.78 Å². The van der Waals surface area contributed by atoms with Gasteiger partial charge in [0.1, 0.15) is 5.56 Å². The fourth-order valence-electron chi connectivity index (χ4n) is 1.87. The zero-order valence-electron chi connectivity index (χ0n) is 12.0. The zero-order chi connectivity index (χ0) is 15.2. The van der Waals surface area contributed by atoms with Crippen LogP contribution in [0.5, 0.6) is 0 Å². The SMILES string of the molecule is CCOC(=O)c1cnc(N(C)Cc2ccccc2)[nH]c1=O. The van der Waals surface area contributed by atoms with Crippen LogP contribution in [0.3, 0.4) is 0 Å². The van der Waals surface area contributed by atoms with E-state index in [1.54, 1.807) is 11.8 Å². The molecule has 0 amide bonds. The normalized spacial score (nSPS) is 10.2. The number of aromatic nitrogens is 2. The van der Waals surface area contributed by atoms with E-state index in [1.165, 1.54) is 6.20 Å². The van der Waals surface area contributed by atoms with Gasteiger partial charge in [0.05, 0.1) is 12.8 Å². The van der Waals surface area contributed by atoms with Crippen LogP contribution in [0.4, 0.5) is 5.95 Å². The van der Waals surface area contributed by atoms with E-state index in [1.807, 2.05) is 37.4 Å². The van der Waals surface area contributed by atoms with Gasteiger partial charge in [-0.15, -0.1) is 0 Å². The van der Waals surface area contributed by atoms with Gasteiger partial charge in [0.25, 0.3) is 5.56 Å². The summed E-state index contributed by atoms with van der Waals surface area (Å²) in [5, 5.41) is 0. The van der Waals surface area contributed by atoms with Crippen molar-refractivity contribution in [3.05, 3.63) is 58.0 Å². The van der Waals surface area contributed by atoms with Crippen LogP contribution in [0, 0.1) is 0 Å². The van der Waals surface area contributed by atoms with E-state index in [-0.39, 0.29) is 12.2 Å². The predicted octanol–water partition coefficient (Wildman–Crippen LogP) is 1.58. The van der Waals surface area contributed by atoms with Crippen LogP contribution in [-0.4, -0.2) is 29.6 Å². The molecule has 2 aromatic rings. The summed E-state index contributed by atoms with van der Waals surface area (Å²) in [6.45, 7) is 2.50. The van der Waals surface area contributed by atoms with Crippen LogP contribution in [-0.2, 0) is 11.3 Å². The van der Waals surface area contributed by atoms with E-state index in [0.717, 1.165) is 5.56 Å². The topological polar surface area (TPSA) is 75.3 Å². The second kappa shape index (κ2) is 6.69. The Morgan fingerprint density at radius 2 is 2.05 bits per heavy atom. The Bertz CT molecular complexity index is 667. The summed E-state index contributed by atoms with van der Waals surface area (Å²) in [6.07, 6.45) is 1.24. The third kappa shape index (κ3) is 3.68. The number of H-pyrrole nitrogens is 1. The molecule has 0 saturated carbocycles. The molecule has 21 heavy (non-hydrogen) atoms. The van der Waals surface area contributed by atoms with Gasteiger partial charge in [-0.2, -0.15) is 0 Å². The van der Waals surface area contributed by atoms with Gasteiger partial charge in [0.2, 0.25) is 5.95 Å². The second-order valence-corrected chi connectivity index (χ2v) is 4.51. The minimum absolute atomic E-state index is 0.0892. The highest BCUT2D eigenvalue weighted by Crippen LogP contribution is 2.08. The van der Waals surface area contributed by atoms with E-state index in [2.05, 4.69) is 9.97 Å². The summed E-state index contributed by atoms with van der Waals surface area (Å²) in [4.78, 5) is 31.9. The Morgan fingerprint density at radius 1 is 1.33 bits per heavy atom. The summed E-state index contributed by atoms with van der Waals surface area (Å²) in [7, 11) is 1.81. The molecule has 6 heteroatoms. The lowest BCUT2D eigenvalue weighted by Gasteiger charge is -2.17. The molecule has 0 saturated heterocycles. The number of hydrogen-bond acceptors (Lipinski definition) is 5. The molecule has 0 radical (unpaired) electrons. The van der Waals surface area contributed by atoms with Crippen molar-refractivity contribution < 1.29 is 9.53 Å². The molecule has 0 aliphatic carbocycles. The molecule has 1 aromatic carbocycles. The number of hydrogen-bond donors (Lipinski definition) is 1. The number of benzene rings is 1. The van der Waals surface area contributed by atoms with E-state index in [0.29, 0.717) is 12.5 Å². The van der Waals surface area contributed by atoms with E-state index < -0.39 is 11.5 Å². The van der Waals surface area contributed by atoms with Crippen LogP contribution in [0.1, 0.15) is 22.8 Å². The van der Waals surface area contributed by atoms with E-state index in [4.69, 9.17) is 4.74 Å². The van der Waals surface area contributed by atoms with Crippen molar-refractivity contribution in [3.63, 3.8) is 0 Å². The van der Waals surface area contributed by atoms with Gasteiger partial charge in [-0.05, 0) is 12.5 Å². The lowest BCUT2D eigenvalue weighted by atomic mass is 10.2. The first-order chi connectivity index (χ1) is 10.1. The number of carbonyl (C=O) groups excluding carboxylic acids is 1. The lowest BCUT2D eigenvalue weighted by molar-refractivity contribution is 0.0523. The minimum atomic E-state index is -0.663. The lowest BCUT2D eigenvalue weighted by Crippen LogP contribution is -2.26. The number of aromatic amines is 1. The molecule has 6 nitrogen and oxygen atoms in total. The molecule has 1 heterocycles. The van der Waals surface area contributed by atoms with Crippen molar-refractivity contribution in [1.29, 1.82) is 0 Å². The van der Waals surface area contributed by atoms with Crippen molar-refractivity contribution in [2.75, 3.05) is 18.6 Å². The third-order valence-corrected chi connectivity index (χ3v) is 2.91. The quantitative estimate of drug-likeness (QED) is 0.845. The first kappa shape index (κ1) is 14.8. The third-order valence-electron chi connectivity index (χ3n) is 2.91. The Balaban J connectivity index is 2.16. The molecule has 0 bridgehead atoms. The van der Waals surface area contributed by atoms with Gasteiger partial charge in [-0.1, -0.05) is 30.3 Å². The molecule has 0 aliphatic rings. The zero-order valence-corrected chi connectivity index (χ0v) is 12.0. The average Bonchev–Trinajstić information content (AvgIpc) is 2.48. The highest BCUT2D eigenvalue weighted by molar-refractivity contribution is 5.88. The second-order valence-electron chi connectivity index (χ2n) is 4.51. The molecule has 110 valence electrons. The predicted molar refractivity (Wildman–Crippen MR) is 79.4 cm³/mol. The van der Waals surface area contributed by atoms with Crippen LogP contribution < -0.4 is 10.5 Å². The number of nitrogens with one attached hydrogen (secondary N) is 1. The largest absolute Gasteiger partial charge is 0.462 e. The molecule has 0 spiro atoms. The number of rotatable bonds is 5. The van der Waals surface area contributed by atoms with E-state index >= 15 is 0 Å². The van der Waals surface area contributed by atoms with Crippen LogP contribution >= 0.6 is 0 Å². The summed E-state index contributed by atoms with van der Waals surface area (Å²) in [6, 6.07) is 9.81. The monoisotopic (exact) mass is 287 g/mol. The number of esters is 1. The molecular formula is C15H17N3O3. The first-order valence-electron chi connectivity index (χ1n) is 6.63. The van der Waals surface area contributed by atoms with Crippen LogP contribution in [0.25, 0.3) is 0 Å².